The maximum atomic E-state index is 13.3. The van der Waals surface area contributed by atoms with Crippen LogP contribution in [-0.2, 0) is 16.6 Å². The predicted molar refractivity (Wildman–Crippen MR) is 86.8 cm³/mol. The molecule has 0 unspecified atom stereocenters. The third-order valence-corrected chi connectivity index (χ3v) is 5.38. The molecule has 1 N–H and O–H groups in total. The van der Waals surface area contributed by atoms with Gasteiger partial charge in [0.2, 0.25) is 11.8 Å². The van der Waals surface area contributed by atoms with Gasteiger partial charge in [-0.25, -0.2) is 8.78 Å². The van der Waals surface area contributed by atoms with Crippen molar-refractivity contribution >= 4 is 11.7 Å². The molecule has 0 aliphatic heterocycles. The summed E-state index contributed by atoms with van der Waals surface area (Å²) in [5.41, 5.74) is 1.22. The highest BCUT2D eigenvalue weighted by atomic mass is 19.4. The van der Waals surface area contributed by atoms with Crippen LogP contribution in [0.4, 0.5) is 27.8 Å². The van der Waals surface area contributed by atoms with E-state index < -0.39 is 36.4 Å². The molecule has 0 bridgehead atoms. The SMILES string of the molecule is CO[C@@H](CC(=O)Nc1c(C2CCC2)c(C2CC(F)(F)C2)nn1C)C(F)(F)F. The van der Waals surface area contributed by atoms with Crippen LogP contribution in [0.5, 0.6) is 0 Å². The first-order valence-electron chi connectivity index (χ1n) is 8.86. The molecule has 1 atom stereocenters. The van der Waals surface area contributed by atoms with Crippen LogP contribution in [-0.4, -0.2) is 41.0 Å². The van der Waals surface area contributed by atoms with Gasteiger partial charge in [0, 0.05) is 38.5 Å². The average Bonchev–Trinajstić information content (AvgIpc) is 2.76. The third kappa shape index (κ3) is 4.09. The molecule has 3 rings (SSSR count). The number of ether oxygens (including phenoxy) is 1. The van der Waals surface area contributed by atoms with Gasteiger partial charge in [0.1, 0.15) is 5.82 Å². The summed E-state index contributed by atoms with van der Waals surface area (Å²) in [6.45, 7) is 0. The summed E-state index contributed by atoms with van der Waals surface area (Å²) >= 11 is 0. The first-order valence-corrected chi connectivity index (χ1v) is 8.86. The number of aromatic nitrogens is 2. The Hall–Kier alpha value is -1.71. The molecule has 152 valence electrons. The maximum Gasteiger partial charge on any atom is 0.415 e. The zero-order valence-corrected chi connectivity index (χ0v) is 15.1. The van der Waals surface area contributed by atoms with Crippen molar-refractivity contribution in [1.29, 1.82) is 0 Å². The Morgan fingerprint density at radius 3 is 2.41 bits per heavy atom. The number of amides is 1. The lowest BCUT2D eigenvalue weighted by Crippen LogP contribution is -2.35. The Kier molecular flexibility index (Phi) is 5.22. The number of carbonyl (C=O) groups excluding carboxylic acids is 1. The summed E-state index contributed by atoms with van der Waals surface area (Å²) in [6, 6.07) is 0. The molecular formula is C17H22F5N3O2. The fourth-order valence-corrected chi connectivity index (χ4v) is 3.65. The highest BCUT2D eigenvalue weighted by molar-refractivity contribution is 5.91. The van der Waals surface area contributed by atoms with Crippen LogP contribution in [0.3, 0.4) is 0 Å². The number of rotatable bonds is 6. The molecule has 5 nitrogen and oxygen atoms in total. The molecule has 0 spiro atoms. The minimum atomic E-state index is -4.65. The lowest BCUT2D eigenvalue weighted by Gasteiger charge is -2.36. The van der Waals surface area contributed by atoms with Crippen LogP contribution in [0.1, 0.15) is 61.6 Å². The number of anilines is 1. The summed E-state index contributed by atoms with van der Waals surface area (Å²) in [5.74, 6) is -3.57. The van der Waals surface area contributed by atoms with E-state index >= 15 is 0 Å². The predicted octanol–water partition coefficient (Wildman–Crippen LogP) is 4.11. The van der Waals surface area contributed by atoms with Crippen molar-refractivity contribution in [2.45, 2.75) is 68.6 Å². The Bertz CT molecular complexity index is 704. The monoisotopic (exact) mass is 395 g/mol. The fraction of sp³-hybridized carbons (Fsp3) is 0.765. The van der Waals surface area contributed by atoms with E-state index in [9.17, 15) is 26.7 Å². The van der Waals surface area contributed by atoms with Crippen LogP contribution in [0.15, 0.2) is 0 Å². The minimum absolute atomic E-state index is 0.0825. The van der Waals surface area contributed by atoms with Crippen molar-refractivity contribution < 1.29 is 31.5 Å². The summed E-state index contributed by atoms with van der Waals surface area (Å²) in [7, 11) is 2.44. The van der Waals surface area contributed by atoms with Crippen molar-refractivity contribution in [2.75, 3.05) is 12.4 Å². The second kappa shape index (κ2) is 7.03. The summed E-state index contributed by atoms with van der Waals surface area (Å²) in [6.07, 6.45) is -5.67. The normalized spacial score (nSPS) is 21.4. The fourth-order valence-electron chi connectivity index (χ4n) is 3.65. The van der Waals surface area contributed by atoms with Crippen molar-refractivity contribution in [3.8, 4) is 0 Å². The molecule has 2 aliphatic carbocycles. The number of aryl methyl sites for hydroxylation is 1. The van der Waals surface area contributed by atoms with Gasteiger partial charge < -0.3 is 10.1 Å². The lowest BCUT2D eigenvalue weighted by molar-refractivity contribution is -0.213. The quantitative estimate of drug-likeness (QED) is 0.738. The average molecular weight is 395 g/mol. The topological polar surface area (TPSA) is 56.1 Å². The van der Waals surface area contributed by atoms with Crippen molar-refractivity contribution in [1.82, 2.24) is 9.78 Å². The van der Waals surface area contributed by atoms with E-state index in [4.69, 9.17) is 0 Å². The standard InChI is InChI=1S/C17H22F5N3O2/c1-25-15(23-12(26)6-11(27-2)17(20,21)22)13(9-4-3-5-9)14(24-25)10-7-16(18,19)8-10/h9-11H,3-8H2,1-2H3,(H,23,26)/t11-/m0/s1. The first-order chi connectivity index (χ1) is 12.5. The van der Waals surface area contributed by atoms with Crippen LogP contribution < -0.4 is 5.32 Å². The van der Waals surface area contributed by atoms with Crippen LogP contribution in [0.2, 0.25) is 0 Å². The van der Waals surface area contributed by atoms with Gasteiger partial charge in [-0.15, -0.1) is 0 Å². The molecule has 0 saturated heterocycles. The molecule has 10 heteroatoms. The van der Waals surface area contributed by atoms with Crippen molar-refractivity contribution in [2.24, 2.45) is 7.05 Å². The van der Waals surface area contributed by atoms with Crippen molar-refractivity contribution in [3.63, 3.8) is 0 Å². The Morgan fingerprint density at radius 1 is 1.33 bits per heavy atom. The van der Waals surface area contributed by atoms with E-state index in [1.54, 1.807) is 7.05 Å². The zero-order valence-electron chi connectivity index (χ0n) is 15.1. The van der Waals surface area contributed by atoms with E-state index in [-0.39, 0.29) is 18.8 Å². The number of alkyl halides is 5. The number of nitrogens with one attached hydrogen (secondary N) is 1. The van der Waals surface area contributed by atoms with Gasteiger partial charge in [0.15, 0.2) is 6.10 Å². The third-order valence-electron chi connectivity index (χ3n) is 5.38. The molecule has 2 fully saturated rings. The molecule has 27 heavy (non-hydrogen) atoms. The number of halogens is 5. The molecule has 1 aromatic rings. The molecule has 2 saturated carbocycles. The number of hydrogen-bond donors (Lipinski definition) is 1. The Balaban J connectivity index is 1.80. The van der Waals surface area contributed by atoms with Crippen LogP contribution in [0.25, 0.3) is 0 Å². The number of carbonyl (C=O) groups is 1. The molecule has 1 heterocycles. The Morgan fingerprint density at radius 2 is 1.96 bits per heavy atom. The van der Waals surface area contributed by atoms with Gasteiger partial charge in [-0.1, -0.05) is 6.42 Å². The van der Waals surface area contributed by atoms with E-state index in [2.05, 4.69) is 15.2 Å². The van der Waals surface area contributed by atoms with Gasteiger partial charge in [-0.05, 0) is 18.8 Å². The minimum Gasteiger partial charge on any atom is -0.371 e. The molecule has 2 aliphatic rings. The van der Waals surface area contributed by atoms with Crippen LogP contribution >= 0.6 is 0 Å². The highest BCUT2D eigenvalue weighted by Crippen LogP contribution is 2.52. The molecule has 0 radical (unpaired) electrons. The summed E-state index contributed by atoms with van der Waals surface area (Å²) in [4.78, 5) is 12.2. The second-order valence-corrected chi connectivity index (χ2v) is 7.38. The van der Waals surface area contributed by atoms with Crippen LogP contribution in [0, 0.1) is 0 Å². The molecule has 1 aromatic heterocycles. The summed E-state index contributed by atoms with van der Waals surface area (Å²) < 4.78 is 70.7. The number of methoxy groups -OCH3 is 1. The smallest absolute Gasteiger partial charge is 0.371 e. The van der Waals surface area contributed by atoms with Gasteiger partial charge in [-0.3, -0.25) is 9.48 Å². The van der Waals surface area contributed by atoms with E-state index in [0.29, 0.717) is 17.1 Å². The Labute approximate surface area is 153 Å². The number of nitrogens with zero attached hydrogens (tertiary/aromatic N) is 2. The molecule has 1 amide bonds. The van der Waals surface area contributed by atoms with E-state index in [0.717, 1.165) is 26.4 Å². The van der Waals surface area contributed by atoms with Gasteiger partial charge >= 0.3 is 6.18 Å². The zero-order chi connectivity index (χ0) is 20.0. The molecular weight excluding hydrogens is 373 g/mol. The van der Waals surface area contributed by atoms with Gasteiger partial charge in [-0.2, -0.15) is 18.3 Å². The van der Waals surface area contributed by atoms with Gasteiger partial charge in [0.25, 0.3) is 0 Å². The highest BCUT2D eigenvalue weighted by Gasteiger charge is 2.49. The van der Waals surface area contributed by atoms with Gasteiger partial charge in [0.05, 0.1) is 12.1 Å². The van der Waals surface area contributed by atoms with Crippen molar-refractivity contribution in [3.05, 3.63) is 11.3 Å². The first kappa shape index (κ1) is 20.0. The lowest BCUT2D eigenvalue weighted by atomic mass is 9.73. The largest absolute Gasteiger partial charge is 0.415 e. The number of hydrogen-bond acceptors (Lipinski definition) is 3. The second-order valence-electron chi connectivity index (χ2n) is 7.38. The maximum absolute atomic E-state index is 13.3. The summed E-state index contributed by atoms with van der Waals surface area (Å²) in [5, 5.41) is 6.82. The van der Waals surface area contributed by atoms with E-state index in [1.165, 1.54) is 4.68 Å². The van der Waals surface area contributed by atoms with E-state index in [1.807, 2.05) is 0 Å². The molecule has 0 aromatic carbocycles.